The number of nitrogens with one attached hydrogen (secondary N) is 2. The van der Waals surface area contributed by atoms with Gasteiger partial charge in [-0.3, -0.25) is 4.72 Å². The molecule has 1 aliphatic heterocycles. The Kier molecular flexibility index (Phi) is 7.51. The third-order valence-corrected chi connectivity index (χ3v) is 8.59. The Labute approximate surface area is 218 Å². The van der Waals surface area contributed by atoms with E-state index in [0.29, 0.717) is 39.9 Å². The minimum absolute atomic E-state index is 0.0192. The van der Waals surface area contributed by atoms with Crippen LogP contribution in [0.15, 0.2) is 64.0 Å². The maximum Gasteiger partial charge on any atom is 0.263 e. The Morgan fingerprint density at radius 1 is 1.06 bits per heavy atom. The number of ether oxygens (including phenoxy) is 3. The second-order valence-electron chi connectivity index (χ2n) is 8.40. The summed E-state index contributed by atoms with van der Waals surface area (Å²) in [4.78, 5) is 0.0192. The molecule has 4 rings (SSSR count). The van der Waals surface area contributed by atoms with Gasteiger partial charge in [0.25, 0.3) is 10.0 Å². The van der Waals surface area contributed by atoms with Crippen molar-refractivity contribution in [3.05, 3.63) is 64.1 Å². The first-order valence-corrected chi connectivity index (χ1v) is 13.5. The van der Waals surface area contributed by atoms with E-state index in [2.05, 4.69) is 26.0 Å². The number of hydrogen-bond acceptors (Lipinski definition) is 6. The van der Waals surface area contributed by atoms with E-state index in [1.807, 2.05) is 37.3 Å². The molecule has 3 aromatic carbocycles. The van der Waals surface area contributed by atoms with Crippen LogP contribution in [-0.2, 0) is 10.0 Å². The van der Waals surface area contributed by atoms with Gasteiger partial charge in [0.2, 0.25) is 0 Å². The lowest BCUT2D eigenvalue weighted by atomic mass is 10.1. The fraction of sp³-hybridized carbons (Fsp3) is 0.280. The van der Waals surface area contributed by atoms with E-state index in [0.717, 1.165) is 13.0 Å². The van der Waals surface area contributed by atoms with Crippen LogP contribution in [0.1, 0.15) is 13.3 Å². The number of sulfonamides is 1. The quantitative estimate of drug-likeness (QED) is 0.354. The summed E-state index contributed by atoms with van der Waals surface area (Å²) in [6.45, 7) is 3.52. The number of anilines is 1. The van der Waals surface area contributed by atoms with Crippen LogP contribution in [0.4, 0.5) is 5.69 Å². The number of methoxy groups -OCH3 is 2. The summed E-state index contributed by atoms with van der Waals surface area (Å²) in [6.07, 6.45) is 0.818. The molecular weight excluding hydrogens is 556 g/mol. The maximum atomic E-state index is 13.8. The predicted octanol–water partition coefficient (Wildman–Crippen LogP) is 5.72. The molecule has 3 aromatic rings. The molecule has 7 nitrogen and oxygen atoms in total. The maximum absolute atomic E-state index is 13.8. The van der Waals surface area contributed by atoms with Crippen LogP contribution in [0.5, 0.6) is 17.2 Å². The minimum atomic E-state index is -4.10. The highest BCUT2D eigenvalue weighted by molar-refractivity contribution is 9.10. The second kappa shape index (κ2) is 10.3. The van der Waals surface area contributed by atoms with E-state index in [-0.39, 0.29) is 15.1 Å². The third-order valence-electron chi connectivity index (χ3n) is 5.79. The van der Waals surface area contributed by atoms with Crippen LogP contribution in [0.25, 0.3) is 11.1 Å². The summed E-state index contributed by atoms with van der Waals surface area (Å²) < 4.78 is 47.5. The van der Waals surface area contributed by atoms with Crippen molar-refractivity contribution in [3.63, 3.8) is 0 Å². The Balaban J connectivity index is 1.78. The molecule has 0 radical (unpaired) electrons. The van der Waals surface area contributed by atoms with Crippen molar-refractivity contribution in [2.45, 2.75) is 23.8 Å². The molecule has 0 unspecified atom stereocenters. The molecule has 1 heterocycles. The number of benzene rings is 3. The van der Waals surface area contributed by atoms with E-state index >= 15 is 0 Å². The summed E-state index contributed by atoms with van der Waals surface area (Å²) in [5, 5.41) is 3.67. The van der Waals surface area contributed by atoms with Crippen LogP contribution in [-0.4, -0.2) is 41.3 Å². The minimum Gasteiger partial charge on any atom is -0.493 e. The molecule has 1 fully saturated rings. The highest BCUT2D eigenvalue weighted by Crippen LogP contribution is 2.46. The van der Waals surface area contributed by atoms with Gasteiger partial charge in [0.05, 0.1) is 29.4 Å². The first kappa shape index (κ1) is 25.6. The normalized spacial score (nSPS) is 17.7. The van der Waals surface area contributed by atoms with Crippen LogP contribution >= 0.6 is 27.5 Å². The average Bonchev–Trinajstić information content (AvgIpc) is 3.26. The summed E-state index contributed by atoms with van der Waals surface area (Å²) in [5.74, 6) is 1.08. The smallest absolute Gasteiger partial charge is 0.263 e. The largest absolute Gasteiger partial charge is 0.493 e. The van der Waals surface area contributed by atoms with Crippen LogP contribution in [0.2, 0.25) is 5.02 Å². The zero-order valence-corrected chi connectivity index (χ0v) is 22.7. The van der Waals surface area contributed by atoms with Crippen LogP contribution < -0.4 is 24.2 Å². The molecule has 0 spiro atoms. The molecule has 0 aliphatic carbocycles. The molecule has 1 aliphatic rings. The molecular formula is C25H26BrClN2O5S. The van der Waals surface area contributed by atoms with Gasteiger partial charge in [-0.2, -0.15) is 0 Å². The topological polar surface area (TPSA) is 85.9 Å². The van der Waals surface area contributed by atoms with E-state index in [9.17, 15) is 8.42 Å². The van der Waals surface area contributed by atoms with Gasteiger partial charge in [0.15, 0.2) is 11.5 Å². The first-order chi connectivity index (χ1) is 16.7. The van der Waals surface area contributed by atoms with Crippen molar-refractivity contribution < 1.29 is 22.6 Å². The molecule has 186 valence electrons. The van der Waals surface area contributed by atoms with Crippen molar-refractivity contribution in [2.75, 3.05) is 32.0 Å². The Morgan fingerprint density at radius 2 is 1.80 bits per heavy atom. The number of halogens is 2. The number of hydrogen-bond donors (Lipinski definition) is 2. The first-order valence-electron chi connectivity index (χ1n) is 10.9. The second-order valence-corrected chi connectivity index (χ2v) is 11.2. The van der Waals surface area contributed by atoms with Gasteiger partial charge in [-0.05, 0) is 53.2 Å². The molecule has 0 aromatic heterocycles. The summed E-state index contributed by atoms with van der Waals surface area (Å²) in [6, 6.07) is 15.7. The van der Waals surface area contributed by atoms with Crippen molar-refractivity contribution in [1.29, 1.82) is 0 Å². The highest BCUT2D eigenvalue weighted by atomic mass is 79.9. The average molecular weight is 582 g/mol. The summed E-state index contributed by atoms with van der Waals surface area (Å²) in [5.41, 5.74) is 1.06. The zero-order valence-electron chi connectivity index (χ0n) is 19.5. The van der Waals surface area contributed by atoms with Gasteiger partial charge in [0, 0.05) is 24.6 Å². The fourth-order valence-corrected chi connectivity index (χ4v) is 6.73. The zero-order chi connectivity index (χ0) is 25.2. The Bertz CT molecular complexity index is 1330. The Hall–Kier alpha value is -2.46. The van der Waals surface area contributed by atoms with Crippen LogP contribution in [0, 0.1) is 0 Å². The molecule has 2 N–H and O–H groups in total. The molecule has 0 bridgehead atoms. The van der Waals surface area contributed by atoms with Gasteiger partial charge in [-0.25, -0.2) is 8.42 Å². The van der Waals surface area contributed by atoms with Crippen molar-refractivity contribution >= 4 is 43.2 Å². The molecule has 1 atom stereocenters. The molecule has 35 heavy (non-hydrogen) atoms. The Morgan fingerprint density at radius 3 is 2.43 bits per heavy atom. The summed E-state index contributed by atoms with van der Waals surface area (Å²) >= 11 is 9.81. The van der Waals surface area contributed by atoms with E-state index < -0.39 is 15.6 Å². The van der Waals surface area contributed by atoms with Crippen LogP contribution in [0.3, 0.4) is 0 Å². The standard InChI is InChI=1S/C25H26BrClN2O5S/c1-25(11-12-28-15-25)34-20-13-17(9-10-19(20)27)29-35(30,31)24-18(16-7-5-4-6-8-16)14-21(32-2)23(33-3)22(24)26/h4-10,13-14,28-29H,11-12,15H2,1-3H3/t25-/m1/s1. The van der Waals surface area contributed by atoms with Gasteiger partial charge in [-0.1, -0.05) is 41.9 Å². The van der Waals surface area contributed by atoms with Gasteiger partial charge in [0.1, 0.15) is 16.2 Å². The van der Waals surface area contributed by atoms with Crippen molar-refractivity contribution in [2.24, 2.45) is 0 Å². The van der Waals surface area contributed by atoms with E-state index in [4.69, 9.17) is 25.8 Å². The lowest BCUT2D eigenvalue weighted by Crippen LogP contribution is -2.34. The van der Waals surface area contributed by atoms with Crippen molar-refractivity contribution in [3.8, 4) is 28.4 Å². The highest BCUT2D eigenvalue weighted by Gasteiger charge is 2.32. The molecule has 10 heteroatoms. The SMILES string of the molecule is COc1cc(-c2ccccc2)c(S(=O)(=O)Nc2ccc(Cl)c(O[C@]3(C)CCNC3)c2)c(Br)c1OC. The fourth-order valence-electron chi connectivity index (χ4n) is 4.03. The number of rotatable bonds is 8. The van der Waals surface area contributed by atoms with E-state index in [1.54, 1.807) is 24.3 Å². The van der Waals surface area contributed by atoms with Crippen molar-refractivity contribution in [1.82, 2.24) is 5.32 Å². The molecule has 0 amide bonds. The predicted molar refractivity (Wildman–Crippen MR) is 141 cm³/mol. The summed E-state index contributed by atoms with van der Waals surface area (Å²) in [7, 11) is -1.14. The molecule has 0 saturated carbocycles. The monoisotopic (exact) mass is 580 g/mol. The van der Waals surface area contributed by atoms with E-state index in [1.165, 1.54) is 14.2 Å². The van der Waals surface area contributed by atoms with Gasteiger partial charge in [-0.15, -0.1) is 0 Å². The lowest BCUT2D eigenvalue weighted by Gasteiger charge is -2.26. The lowest BCUT2D eigenvalue weighted by molar-refractivity contribution is 0.111. The van der Waals surface area contributed by atoms with Gasteiger partial charge < -0.3 is 19.5 Å². The third kappa shape index (κ3) is 5.38. The molecule has 1 saturated heterocycles. The van der Waals surface area contributed by atoms with Gasteiger partial charge >= 0.3 is 0 Å².